The first-order chi connectivity index (χ1) is 17.6. The van der Waals surface area contributed by atoms with Crippen LogP contribution in [-0.2, 0) is 21.4 Å². The van der Waals surface area contributed by atoms with Crippen LogP contribution in [0.4, 0.5) is 0 Å². The minimum absolute atomic E-state index is 0.0104. The lowest BCUT2D eigenvalue weighted by Gasteiger charge is -2.29. The minimum Gasteiger partial charge on any atom is -0.507 e. The molecule has 10 nitrogen and oxygen atoms in total. The lowest BCUT2D eigenvalue weighted by Crippen LogP contribution is -2.41. The van der Waals surface area contributed by atoms with Crippen molar-refractivity contribution >= 4 is 28.7 Å². The molecule has 11 heteroatoms. The number of benzene rings is 1. The van der Waals surface area contributed by atoms with Crippen LogP contribution in [0.5, 0.6) is 17.2 Å². The molecular formula is C26H23N3O7S. The van der Waals surface area contributed by atoms with E-state index in [9.17, 15) is 24.6 Å². The maximum absolute atomic E-state index is 13.8. The number of fused-ring (bicyclic) bond motifs is 3. The number of rotatable bonds is 6. The zero-order chi connectivity index (χ0) is 26.6. The topological polar surface area (TPSA) is 152 Å². The average molecular weight is 522 g/mol. The van der Waals surface area contributed by atoms with Gasteiger partial charge in [-0.15, -0.1) is 11.3 Å². The number of hydrogen-bond donors (Lipinski definition) is 3. The van der Waals surface area contributed by atoms with Crippen LogP contribution in [0.15, 0.2) is 45.1 Å². The summed E-state index contributed by atoms with van der Waals surface area (Å²) < 4.78 is 11.1. The Morgan fingerprint density at radius 2 is 1.97 bits per heavy atom. The molecule has 0 bridgehead atoms. The summed E-state index contributed by atoms with van der Waals surface area (Å²) in [7, 11) is 0. The second-order valence-corrected chi connectivity index (χ2v) is 10.0. The normalized spacial score (nSPS) is 19.7. The number of aromatic nitrogens is 2. The fourth-order valence-electron chi connectivity index (χ4n) is 4.67. The minimum atomic E-state index is -1.56. The van der Waals surface area contributed by atoms with Crippen LogP contribution in [0.25, 0.3) is 10.7 Å². The van der Waals surface area contributed by atoms with Gasteiger partial charge in [-0.1, -0.05) is 11.2 Å². The van der Waals surface area contributed by atoms with Crippen molar-refractivity contribution in [2.45, 2.75) is 39.5 Å². The predicted octanol–water partition coefficient (Wildman–Crippen LogP) is 3.51. The Morgan fingerprint density at radius 3 is 2.65 bits per heavy atom. The highest BCUT2D eigenvalue weighted by Gasteiger charge is 2.56. The van der Waals surface area contributed by atoms with Crippen LogP contribution in [0.2, 0.25) is 0 Å². The van der Waals surface area contributed by atoms with E-state index in [1.165, 1.54) is 38.2 Å². The fraction of sp³-hybridized carbons (Fsp3) is 0.269. The number of hydrogen-bond acceptors (Lipinski definition) is 11. The van der Waals surface area contributed by atoms with Crippen LogP contribution >= 0.6 is 11.3 Å². The molecule has 5 rings (SSSR count). The van der Waals surface area contributed by atoms with Crippen molar-refractivity contribution < 1.29 is 33.9 Å². The molecular weight excluding hydrogens is 498 g/mol. The summed E-state index contributed by atoms with van der Waals surface area (Å²) in [5.41, 5.74) is -1.38. The number of allylic oxidation sites excluding steroid dienone is 4. The number of aromatic hydroxyl groups is 2. The highest BCUT2D eigenvalue weighted by molar-refractivity contribution is 7.13. The SMILES string of the molecule is CC(=O)c1c(O)c(C)c(O)c2c1OC1=CC(=O)/C(=C(/C)NCCc3nc(-c4cccs4)no3)C(=O)[C@@]12C. The lowest BCUT2D eigenvalue weighted by molar-refractivity contribution is -0.123. The van der Waals surface area contributed by atoms with Gasteiger partial charge in [0.2, 0.25) is 11.7 Å². The highest BCUT2D eigenvalue weighted by atomic mass is 32.1. The van der Waals surface area contributed by atoms with E-state index in [2.05, 4.69) is 15.5 Å². The third-order valence-corrected chi connectivity index (χ3v) is 7.56. The van der Waals surface area contributed by atoms with Gasteiger partial charge in [-0.2, -0.15) is 4.98 Å². The van der Waals surface area contributed by atoms with Crippen LogP contribution < -0.4 is 10.1 Å². The van der Waals surface area contributed by atoms with Gasteiger partial charge in [-0.25, -0.2) is 0 Å². The van der Waals surface area contributed by atoms with Gasteiger partial charge in [0.15, 0.2) is 17.3 Å². The molecule has 37 heavy (non-hydrogen) atoms. The van der Waals surface area contributed by atoms with E-state index in [4.69, 9.17) is 9.26 Å². The van der Waals surface area contributed by atoms with Gasteiger partial charge in [0.25, 0.3) is 0 Å². The number of nitrogens with zero attached hydrogens (tertiary/aromatic N) is 2. The number of carbonyl (C=O) groups excluding carboxylic acids is 3. The number of Topliss-reactive ketones (excluding diaryl/α,β-unsaturated/α-hetero) is 2. The molecule has 1 aliphatic heterocycles. The number of thiophene rings is 1. The molecule has 3 aromatic rings. The summed E-state index contributed by atoms with van der Waals surface area (Å²) in [6, 6.07) is 3.78. The summed E-state index contributed by atoms with van der Waals surface area (Å²) in [5, 5.41) is 30.3. The van der Waals surface area contributed by atoms with Crippen molar-refractivity contribution in [2.75, 3.05) is 6.54 Å². The molecule has 0 saturated heterocycles. The third kappa shape index (κ3) is 3.65. The molecule has 3 heterocycles. The van der Waals surface area contributed by atoms with E-state index in [0.717, 1.165) is 4.88 Å². The summed E-state index contributed by atoms with van der Waals surface area (Å²) in [5.74, 6) is -1.69. The quantitative estimate of drug-likeness (QED) is 0.250. The van der Waals surface area contributed by atoms with Crippen molar-refractivity contribution in [1.29, 1.82) is 0 Å². The predicted molar refractivity (Wildman–Crippen MR) is 133 cm³/mol. The van der Waals surface area contributed by atoms with E-state index < -0.39 is 28.5 Å². The number of phenols is 2. The molecule has 1 aromatic carbocycles. The first-order valence-electron chi connectivity index (χ1n) is 11.5. The summed E-state index contributed by atoms with van der Waals surface area (Å²) in [4.78, 5) is 44.3. The molecule has 1 aliphatic carbocycles. The van der Waals surface area contributed by atoms with Crippen LogP contribution in [-0.4, -0.2) is 44.2 Å². The summed E-state index contributed by atoms with van der Waals surface area (Å²) in [6.07, 6.45) is 1.54. The van der Waals surface area contributed by atoms with Gasteiger partial charge < -0.3 is 24.8 Å². The van der Waals surface area contributed by atoms with E-state index in [1.54, 1.807) is 6.92 Å². The van der Waals surface area contributed by atoms with Crippen LogP contribution in [0.1, 0.15) is 48.1 Å². The fourth-order valence-corrected chi connectivity index (χ4v) is 5.32. The number of nitrogens with one attached hydrogen (secondary N) is 1. The van der Waals surface area contributed by atoms with E-state index in [-0.39, 0.29) is 39.5 Å². The average Bonchev–Trinajstić information content (AvgIpc) is 3.58. The van der Waals surface area contributed by atoms with Gasteiger partial charge in [-0.3, -0.25) is 14.4 Å². The Morgan fingerprint density at radius 1 is 1.22 bits per heavy atom. The Balaban J connectivity index is 1.45. The van der Waals surface area contributed by atoms with Gasteiger partial charge in [0, 0.05) is 30.3 Å². The number of ketones is 3. The van der Waals surface area contributed by atoms with Crippen molar-refractivity contribution in [3.63, 3.8) is 0 Å². The molecule has 190 valence electrons. The molecule has 0 spiro atoms. The Hall–Kier alpha value is -4.25. The number of phenolic OH excluding ortho intramolecular Hbond substituents is 2. The van der Waals surface area contributed by atoms with E-state index >= 15 is 0 Å². The Bertz CT molecular complexity index is 1550. The van der Waals surface area contributed by atoms with Crippen molar-refractivity contribution in [2.24, 2.45) is 0 Å². The van der Waals surface area contributed by atoms with Gasteiger partial charge >= 0.3 is 0 Å². The summed E-state index contributed by atoms with van der Waals surface area (Å²) in [6.45, 7) is 6.13. The molecule has 0 amide bonds. The van der Waals surface area contributed by atoms with E-state index in [1.807, 2.05) is 17.5 Å². The maximum atomic E-state index is 13.8. The monoisotopic (exact) mass is 521 g/mol. The maximum Gasteiger partial charge on any atom is 0.228 e. The number of carbonyl (C=O) groups is 3. The molecule has 1 atom stereocenters. The second-order valence-electron chi connectivity index (χ2n) is 9.05. The molecule has 0 saturated carbocycles. The highest BCUT2D eigenvalue weighted by Crippen LogP contribution is 2.57. The molecule has 0 unspecified atom stereocenters. The first kappa shape index (κ1) is 24.4. The third-order valence-electron chi connectivity index (χ3n) is 6.70. The zero-order valence-corrected chi connectivity index (χ0v) is 21.3. The van der Waals surface area contributed by atoms with Crippen LogP contribution in [0.3, 0.4) is 0 Å². The smallest absolute Gasteiger partial charge is 0.228 e. The molecule has 2 aliphatic rings. The molecule has 0 fully saturated rings. The summed E-state index contributed by atoms with van der Waals surface area (Å²) >= 11 is 1.50. The second kappa shape index (κ2) is 8.70. The molecule has 2 aromatic heterocycles. The lowest BCUT2D eigenvalue weighted by atomic mass is 9.70. The van der Waals surface area contributed by atoms with E-state index in [0.29, 0.717) is 30.4 Å². The standard InChI is InChI=1S/C26H23N3O7S/c1-11-21(32)19(13(3)30)23-20(22(11)33)26(4)16(35-23)10-14(31)18(24(26)34)12(2)27-8-7-17-28-25(29-36-17)15-6-5-9-37-15/h5-6,9-10,27,32-33H,7-8H2,1-4H3/b18-12+/t26-/m0/s1. The molecule has 0 radical (unpaired) electrons. The zero-order valence-electron chi connectivity index (χ0n) is 20.5. The molecule has 3 N–H and O–H groups in total. The van der Waals surface area contributed by atoms with Gasteiger partial charge in [0.05, 0.1) is 16.0 Å². The first-order valence-corrected chi connectivity index (χ1v) is 12.3. The Kier molecular flexibility index (Phi) is 5.75. The largest absolute Gasteiger partial charge is 0.507 e. The van der Waals surface area contributed by atoms with Crippen LogP contribution in [0, 0.1) is 6.92 Å². The van der Waals surface area contributed by atoms with Gasteiger partial charge in [0.1, 0.15) is 34.0 Å². The number of ether oxygens (including phenoxy) is 1. The van der Waals surface area contributed by atoms with Gasteiger partial charge in [-0.05, 0) is 39.1 Å². The van der Waals surface area contributed by atoms with Crippen molar-refractivity contribution in [1.82, 2.24) is 15.5 Å². The Labute approximate surface area is 215 Å². The van der Waals surface area contributed by atoms with Crippen molar-refractivity contribution in [3.05, 3.63) is 63.2 Å². The van der Waals surface area contributed by atoms with Crippen molar-refractivity contribution in [3.8, 4) is 28.0 Å².